The number of amides is 1. The van der Waals surface area contributed by atoms with Crippen molar-refractivity contribution in [2.75, 3.05) is 18.7 Å². The number of hydrogen-bond donors (Lipinski definition) is 1. The summed E-state index contributed by atoms with van der Waals surface area (Å²) in [6.45, 7) is 1.81. The van der Waals surface area contributed by atoms with Gasteiger partial charge in [-0.1, -0.05) is 18.2 Å². The zero-order valence-electron chi connectivity index (χ0n) is 16.3. The first-order valence-electron chi connectivity index (χ1n) is 8.81. The van der Waals surface area contributed by atoms with Crippen LogP contribution in [0.5, 0.6) is 5.75 Å². The topological polar surface area (TPSA) is 98.2 Å². The van der Waals surface area contributed by atoms with Crippen LogP contribution in [0, 0.1) is 6.92 Å². The van der Waals surface area contributed by atoms with E-state index in [1.165, 1.54) is 12.6 Å². The average molecular weight is 411 g/mol. The number of hydrogen-bond acceptors (Lipinski definition) is 6. The number of ether oxygens (including phenoxy) is 1. The number of aromatic nitrogens is 2. The lowest BCUT2D eigenvalue weighted by molar-refractivity contribution is 0.102. The van der Waals surface area contributed by atoms with Crippen LogP contribution in [-0.2, 0) is 15.6 Å². The molecule has 0 saturated carbocycles. The minimum atomic E-state index is -3.21. The van der Waals surface area contributed by atoms with Crippen molar-refractivity contribution < 1.29 is 17.9 Å². The van der Waals surface area contributed by atoms with Gasteiger partial charge in [0.1, 0.15) is 17.9 Å². The first kappa shape index (κ1) is 20.5. The maximum atomic E-state index is 12.7. The van der Waals surface area contributed by atoms with E-state index in [1.54, 1.807) is 31.4 Å². The fourth-order valence-electron chi connectivity index (χ4n) is 2.87. The van der Waals surface area contributed by atoms with Crippen LogP contribution in [-0.4, -0.2) is 37.7 Å². The summed E-state index contributed by atoms with van der Waals surface area (Å²) in [5, 5.41) is 2.74. The highest BCUT2D eigenvalue weighted by molar-refractivity contribution is 7.89. The van der Waals surface area contributed by atoms with Crippen LogP contribution in [0.2, 0.25) is 0 Å². The molecule has 0 saturated heterocycles. The summed E-state index contributed by atoms with van der Waals surface area (Å²) < 4.78 is 28.6. The van der Waals surface area contributed by atoms with E-state index in [0.29, 0.717) is 28.4 Å². The van der Waals surface area contributed by atoms with Crippen molar-refractivity contribution in [2.45, 2.75) is 12.7 Å². The largest absolute Gasteiger partial charge is 0.496 e. The zero-order valence-corrected chi connectivity index (χ0v) is 17.2. The van der Waals surface area contributed by atoms with Gasteiger partial charge >= 0.3 is 0 Å². The maximum absolute atomic E-state index is 12.7. The van der Waals surface area contributed by atoms with Gasteiger partial charge in [0.25, 0.3) is 5.91 Å². The maximum Gasteiger partial charge on any atom is 0.256 e. The van der Waals surface area contributed by atoms with Crippen LogP contribution in [0.25, 0.3) is 11.3 Å². The van der Waals surface area contributed by atoms with Crippen molar-refractivity contribution in [3.8, 4) is 17.0 Å². The van der Waals surface area contributed by atoms with Crippen molar-refractivity contribution in [1.29, 1.82) is 0 Å². The number of para-hydroxylation sites is 1. The molecule has 1 heterocycles. The number of methoxy groups -OCH3 is 1. The summed E-state index contributed by atoms with van der Waals surface area (Å²) in [6.07, 6.45) is 2.53. The van der Waals surface area contributed by atoms with Gasteiger partial charge in [0, 0.05) is 23.4 Å². The van der Waals surface area contributed by atoms with Crippen LogP contribution in [0.4, 0.5) is 5.82 Å². The number of anilines is 1. The van der Waals surface area contributed by atoms with Gasteiger partial charge in [0.2, 0.25) is 0 Å². The van der Waals surface area contributed by atoms with Crippen molar-refractivity contribution >= 4 is 21.6 Å². The van der Waals surface area contributed by atoms with E-state index >= 15 is 0 Å². The van der Waals surface area contributed by atoms with E-state index in [2.05, 4.69) is 15.3 Å². The van der Waals surface area contributed by atoms with E-state index in [4.69, 9.17) is 4.74 Å². The molecule has 1 aromatic heterocycles. The number of aryl methyl sites for hydroxylation is 1. The Kier molecular flexibility index (Phi) is 5.93. The summed E-state index contributed by atoms with van der Waals surface area (Å²) in [7, 11) is -1.63. The van der Waals surface area contributed by atoms with Gasteiger partial charge in [-0.15, -0.1) is 0 Å². The van der Waals surface area contributed by atoms with E-state index in [-0.39, 0.29) is 11.7 Å². The number of sulfone groups is 1. The first-order chi connectivity index (χ1) is 13.8. The molecule has 1 N–H and O–H groups in total. The monoisotopic (exact) mass is 411 g/mol. The Morgan fingerprint density at radius 3 is 2.59 bits per heavy atom. The molecule has 0 atom stereocenters. The fraction of sp³-hybridized carbons (Fsp3) is 0.190. The highest BCUT2D eigenvalue weighted by atomic mass is 32.2. The predicted molar refractivity (Wildman–Crippen MR) is 112 cm³/mol. The molecule has 0 bridgehead atoms. The summed E-state index contributed by atoms with van der Waals surface area (Å²) >= 11 is 0. The molecule has 0 radical (unpaired) electrons. The summed E-state index contributed by atoms with van der Waals surface area (Å²) in [5.41, 5.74) is 3.14. The molecule has 7 nitrogen and oxygen atoms in total. The Hall–Kier alpha value is -3.26. The Bertz CT molecular complexity index is 1160. The molecule has 3 rings (SSSR count). The second kappa shape index (κ2) is 8.40. The average Bonchev–Trinajstić information content (AvgIpc) is 2.68. The fourth-order valence-corrected chi connectivity index (χ4v) is 3.74. The summed E-state index contributed by atoms with van der Waals surface area (Å²) in [4.78, 5) is 21.0. The molecule has 0 unspecified atom stereocenters. The number of nitrogens with zero attached hydrogens (tertiary/aromatic N) is 2. The third-order valence-electron chi connectivity index (χ3n) is 4.32. The number of carbonyl (C=O) groups excluding carboxylic acids is 1. The Morgan fingerprint density at radius 1 is 1.10 bits per heavy atom. The lowest BCUT2D eigenvalue weighted by Crippen LogP contribution is -2.14. The van der Waals surface area contributed by atoms with E-state index < -0.39 is 9.84 Å². The lowest BCUT2D eigenvalue weighted by Gasteiger charge is -2.10. The second-order valence-corrected chi connectivity index (χ2v) is 8.79. The van der Waals surface area contributed by atoms with E-state index in [9.17, 15) is 13.2 Å². The van der Waals surface area contributed by atoms with Gasteiger partial charge in [-0.05, 0) is 42.3 Å². The Balaban J connectivity index is 1.86. The minimum absolute atomic E-state index is 0.120. The van der Waals surface area contributed by atoms with Gasteiger partial charge in [-0.2, -0.15) is 0 Å². The predicted octanol–water partition coefficient (Wildman–Crippen LogP) is 3.26. The molecule has 0 spiro atoms. The lowest BCUT2D eigenvalue weighted by atomic mass is 10.1. The molecule has 0 fully saturated rings. The third-order valence-corrected chi connectivity index (χ3v) is 5.16. The molecular weight excluding hydrogens is 390 g/mol. The standard InChI is InChI=1S/C21H21N3O4S/c1-14-8-9-15(10-16(14)12-29(3,26)27)21(25)24-20-11-18(22-13-23-20)17-6-4-5-7-19(17)28-2/h4-11,13H,12H2,1-3H3,(H,22,23,24,25). The zero-order chi connectivity index (χ0) is 21.0. The number of rotatable bonds is 6. The molecule has 1 amide bonds. The number of benzene rings is 2. The van der Waals surface area contributed by atoms with Crippen molar-refractivity contribution in [2.24, 2.45) is 0 Å². The number of carbonyl (C=O) groups is 1. The van der Waals surface area contributed by atoms with Crippen molar-refractivity contribution in [3.05, 3.63) is 71.5 Å². The number of nitrogens with one attached hydrogen (secondary N) is 1. The van der Waals surface area contributed by atoms with Gasteiger partial charge in [0.05, 0.1) is 18.6 Å². The third kappa shape index (κ3) is 5.17. The minimum Gasteiger partial charge on any atom is -0.496 e. The summed E-state index contributed by atoms with van der Waals surface area (Å²) in [6, 6.07) is 14.0. The molecule has 150 valence electrons. The highest BCUT2D eigenvalue weighted by Crippen LogP contribution is 2.28. The molecule has 8 heteroatoms. The molecule has 3 aromatic rings. The molecule has 0 aliphatic rings. The SMILES string of the molecule is COc1ccccc1-c1cc(NC(=O)c2ccc(C)c(CS(C)(=O)=O)c2)ncn1. The quantitative estimate of drug-likeness (QED) is 0.669. The van der Waals surface area contributed by atoms with E-state index in [1.807, 2.05) is 31.2 Å². The molecular formula is C21H21N3O4S. The molecule has 2 aromatic carbocycles. The van der Waals surface area contributed by atoms with Crippen LogP contribution in [0.3, 0.4) is 0 Å². The van der Waals surface area contributed by atoms with Gasteiger partial charge < -0.3 is 10.1 Å². The van der Waals surface area contributed by atoms with Gasteiger partial charge in [-0.3, -0.25) is 4.79 Å². The van der Waals surface area contributed by atoms with Crippen LogP contribution in [0.1, 0.15) is 21.5 Å². The second-order valence-electron chi connectivity index (χ2n) is 6.65. The molecule has 29 heavy (non-hydrogen) atoms. The van der Waals surface area contributed by atoms with Gasteiger partial charge in [0.15, 0.2) is 9.84 Å². The Morgan fingerprint density at radius 2 is 1.86 bits per heavy atom. The summed E-state index contributed by atoms with van der Waals surface area (Å²) in [5.74, 6) is 0.485. The molecule has 0 aliphatic heterocycles. The smallest absolute Gasteiger partial charge is 0.256 e. The Labute approximate surface area is 169 Å². The normalized spacial score (nSPS) is 11.1. The first-order valence-corrected chi connectivity index (χ1v) is 10.9. The van der Waals surface area contributed by atoms with Crippen LogP contribution >= 0.6 is 0 Å². The van der Waals surface area contributed by atoms with E-state index in [0.717, 1.165) is 11.1 Å². The van der Waals surface area contributed by atoms with Crippen LogP contribution in [0.15, 0.2) is 54.9 Å². The molecule has 0 aliphatic carbocycles. The van der Waals surface area contributed by atoms with Crippen molar-refractivity contribution in [3.63, 3.8) is 0 Å². The van der Waals surface area contributed by atoms with Crippen LogP contribution < -0.4 is 10.1 Å². The highest BCUT2D eigenvalue weighted by Gasteiger charge is 2.14. The van der Waals surface area contributed by atoms with Crippen molar-refractivity contribution in [1.82, 2.24) is 9.97 Å². The van der Waals surface area contributed by atoms with Gasteiger partial charge in [-0.25, -0.2) is 18.4 Å².